The molecule has 18 heavy (non-hydrogen) atoms. The van der Waals surface area contributed by atoms with Crippen molar-refractivity contribution in [2.75, 3.05) is 4.90 Å². The number of amides is 2. The van der Waals surface area contributed by atoms with Gasteiger partial charge in [0.2, 0.25) is 11.8 Å². The molecular weight excluding hydrogens is 258 g/mol. The van der Waals surface area contributed by atoms with Crippen LogP contribution < -0.4 is 4.90 Å². The standard InChI is InChI=1S/C12H8ClNO4/c13-9-3-5(1-2-6(9)12(17)18)14-10(15)7-4-8(7)11(14)16/h1-3,7-8H,4H2,(H,17,18). The third-order valence-corrected chi connectivity index (χ3v) is 3.62. The summed E-state index contributed by atoms with van der Waals surface area (Å²) in [6, 6.07) is 4.06. The van der Waals surface area contributed by atoms with Gasteiger partial charge in [0.05, 0.1) is 28.1 Å². The van der Waals surface area contributed by atoms with Crippen LogP contribution in [0.4, 0.5) is 5.69 Å². The van der Waals surface area contributed by atoms with E-state index in [1.165, 1.54) is 18.2 Å². The van der Waals surface area contributed by atoms with Crippen LogP contribution >= 0.6 is 11.6 Å². The first kappa shape index (κ1) is 11.2. The number of carboxylic acids is 1. The molecule has 3 rings (SSSR count). The number of piperidine rings is 1. The molecule has 0 radical (unpaired) electrons. The average Bonchev–Trinajstić information content (AvgIpc) is 3.03. The summed E-state index contributed by atoms with van der Waals surface area (Å²) >= 11 is 5.82. The van der Waals surface area contributed by atoms with Crippen LogP contribution in [0.2, 0.25) is 5.02 Å². The number of nitrogens with zero attached hydrogens (tertiary/aromatic N) is 1. The van der Waals surface area contributed by atoms with E-state index in [1.54, 1.807) is 0 Å². The van der Waals surface area contributed by atoms with E-state index in [0.717, 1.165) is 4.90 Å². The molecule has 1 aliphatic heterocycles. The molecule has 1 aromatic carbocycles. The highest BCUT2D eigenvalue weighted by Gasteiger charge is 2.59. The number of rotatable bonds is 2. The molecule has 1 aliphatic carbocycles. The first-order valence-electron chi connectivity index (χ1n) is 5.41. The smallest absolute Gasteiger partial charge is 0.337 e. The van der Waals surface area contributed by atoms with Gasteiger partial charge in [0.1, 0.15) is 0 Å². The van der Waals surface area contributed by atoms with Gasteiger partial charge in [-0.15, -0.1) is 0 Å². The Hall–Kier alpha value is -1.88. The predicted octanol–water partition coefficient (Wildman–Crippen LogP) is 1.55. The van der Waals surface area contributed by atoms with Crippen LogP contribution in [0, 0.1) is 11.8 Å². The van der Waals surface area contributed by atoms with E-state index in [0.29, 0.717) is 12.1 Å². The van der Waals surface area contributed by atoms with E-state index < -0.39 is 5.97 Å². The molecule has 1 saturated heterocycles. The van der Waals surface area contributed by atoms with Crippen LogP contribution in [-0.4, -0.2) is 22.9 Å². The van der Waals surface area contributed by atoms with Crippen molar-refractivity contribution in [3.8, 4) is 0 Å². The van der Waals surface area contributed by atoms with Gasteiger partial charge in [0.15, 0.2) is 0 Å². The third kappa shape index (κ3) is 1.44. The topological polar surface area (TPSA) is 74.7 Å². The van der Waals surface area contributed by atoms with Gasteiger partial charge in [-0.3, -0.25) is 14.5 Å². The molecule has 1 saturated carbocycles. The molecule has 0 spiro atoms. The minimum atomic E-state index is -1.14. The van der Waals surface area contributed by atoms with Crippen molar-refractivity contribution in [2.45, 2.75) is 6.42 Å². The summed E-state index contributed by atoms with van der Waals surface area (Å²) in [5.41, 5.74) is 0.289. The van der Waals surface area contributed by atoms with Crippen molar-refractivity contribution in [2.24, 2.45) is 11.8 Å². The molecule has 1 N–H and O–H groups in total. The van der Waals surface area contributed by atoms with Gasteiger partial charge in [-0.25, -0.2) is 4.79 Å². The van der Waals surface area contributed by atoms with Gasteiger partial charge in [-0.1, -0.05) is 11.6 Å². The number of carbonyl (C=O) groups is 3. The Morgan fingerprint density at radius 1 is 1.28 bits per heavy atom. The van der Waals surface area contributed by atoms with Crippen LogP contribution in [0.25, 0.3) is 0 Å². The number of carboxylic acid groups (broad SMARTS) is 1. The van der Waals surface area contributed by atoms with Gasteiger partial charge in [0.25, 0.3) is 0 Å². The van der Waals surface area contributed by atoms with Gasteiger partial charge < -0.3 is 5.11 Å². The Morgan fingerprint density at radius 3 is 2.39 bits per heavy atom. The lowest BCUT2D eigenvalue weighted by Crippen LogP contribution is -2.32. The van der Waals surface area contributed by atoms with Crippen molar-refractivity contribution in [3.05, 3.63) is 28.8 Å². The molecule has 2 unspecified atom stereocenters. The van der Waals surface area contributed by atoms with Gasteiger partial charge >= 0.3 is 5.97 Å². The molecule has 1 heterocycles. The summed E-state index contributed by atoms with van der Waals surface area (Å²) in [4.78, 5) is 35.6. The number of aromatic carboxylic acids is 1. The molecule has 2 fully saturated rings. The summed E-state index contributed by atoms with van der Waals surface area (Å²) in [5.74, 6) is -1.95. The normalized spacial score (nSPS) is 25.3. The average molecular weight is 266 g/mol. The molecular formula is C12H8ClNO4. The van der Waals surface area contributed by atoms with Crippen LogP contribution in [0.5, 0.6) is 0 Å². The molecule has 0 aromatic heterocycles. The zero-order chi connectivity index (χ0) is 13.0. The Labute approximate surface area is 107 Å². The number of halogens is 1. The summed E-state index contributed by atoms with van der Waals surface area (Å²) in [5, 5.41) is 8.86. The Morgan fingerprint density at radius 2 is 1.89 bits per heavy atom. The van der Waals surface area contributed by atoms with Crippen molar-refractivity contribution in [1.82, 2.24) is 0 Å². The molecule has 5 nitrogen and oxygen atoms in total. The number of benzene rings is 1. The van der Waals surface area contributed by atoms with Crippen LogP contribution in [0.3, 0.4) is 0 Å². The first-order chi connectivity index (χ1) is 8.50. The second kappa shape index (κ2) is 3.55. The Kier molecular flexibility index (Phi) is 2.22. The number of hydrogen-bond acceptors (Lipinski definition) is 3. The summed E-state index contributed by atoms with van der Waals surface area (Å²) < 4.78 is 0. The second-order valence-corrected chi connectivity index (χ2v) is 4.84. The highest BCUT2D eigenvalue weighted by Crippen LogP contribution is 2.48. The highest BCUT2D eigenvalue weighted by atomic mass is 35.5. The van der Waals surface area contributed by atoms with E-state index in [2.05, 4.69) is 0 Å². The fourth-order valence-corrected chi connectivity index (χ4v) is 2.51. The van der Waals surface area contributed by atoms with E-state index in [9.17, 15) is 14.4 Å². The lowest BCUT2D eigenvalue weighted by Gasteiger charge is -2.17. The quantitative estimate of drug-likeness (QED) is 0.823. The molecule has 0 bridgehead atoms. The fraction of sp³-hybridized carbons (Fsp3) is 0.250. The first-order valence-corrected chi connectivity index (χ1v) is 5.79. The number of carbonyl (C=O) groups excluding carboxylic acids is 2. The van der Waals surface area contributed by atoms with E-state index in [4.69, 9.17) is 16.7 Å². The molecule has 1 aromatic rings. The summed E-state index contributed by atoms with van der Waals surface area (Å²) in [6.07, 6.45) is 0.634. The largest absolute Gasteiger partial charge is 0.478 e. The fourth-order valence-electron chi connectivity index (χ4n) is 2.25. The van der Waals surface area contributed by atoms with Gasteiger partial charge in [-0.2, -0.15) is 0 Å². The third-order valence-electron chi connectivity index (χ3n) is 3.31. The number of anilines is 1. The lowest BCUT2D eigenvalue weighted by atomic mass is 10.2. The Bertz CT molecular complexity index is 578. The van der Waals surface area contributed by atoms with Gasteiger partial charge in [-0.05, 0) is 24.6 Å². The Balaban J connectivity index is 1.99. The van der Waals surface area contributed by atoms with Crippen molar-refractivity contribution >= 4 is 35.1 Å². The molecule has 2 aliphatic rings. The maximum atomic E-state index is 11.8. The van der Waals surface area contributed by atoms with Gasteiger partial charge in [0, 0.05) is 0 Å². The number of imide groups is 1. The molecule has 6 heteroatoms. The SMILES string of the molecule is O=C(O)c1ccc(N2C(=O)C3CC3C2=O)cc1Cl. The second-order valence-electron chi connectivity index (χ2n) is 4.43. The van der Waals surface area contributed by atoms with Crippen molar-refractivity contribution in [3.63, 3.8) is 0 Å². The highest BCUT2D eigenvalue weighted by molar-refractivity contribution is 6.34. The van der Waals surface area contributed by atoms with Crippen LogP contribution in [0.1, 0.15) is 16.8 Å². The summed E-state index contributed by atoms with van der Waals surface area (Å²) in [7, 11) is 0. The minimum absolute atomic E-state index is 0.0150. The number of fused-ring (bicyclic) bond motifs is 1. The van der Waals surface area contributed by atoms with Crippen molar-refractivity contribution in [1.29, 1.82) is 0 Å². The van der Waals surface area contributed by atoms with Crippen LogP contribution in [0.15, 0.2) is 18.2 Å². The lowest BCUT2D eigenvalue weighted by molar-refractivity contribution is -0.123. The molecule has 2 atom stereocenters. The number of hydrogen-bond donors (Lipinski definition) is 1. The summed E-state index contributed by atoms with van der Waals surface area (Å²) in [6.45, 7) is 0. The van der Waals surface area contributed by atoms with E-state index >= 15 is 0 Å². The zero-order valence-corrected chi connectivity index (χ0v) is 9.85. The van der Waals surface area contributed by atoms with E-state index in [1.807, 2.05) is 0 Å². The van der Waals surface area contributed by atoms with Crippen molar-refractivity contribution < 1.29 is 19.5 Å². The predicted molar refractivity (Wildman–Crippen MR) is 62.5 cm³/mol. The minimum Gasteiger partial charge on any atom is -0.478 e. The maximum absolute atomic E-state index is 11.8. The monoisotopic (exact) mass is 265 g/mol. The maximum Gasteiger partial charge on any atom is 0.337 e. The zero-order valence-electron chi connectivity index (χ0n) is 9.09. The van der Waals surface area contributed by atoms with Crippen LogP contribution in [-0.2, 0) is 9.59 Å². The molecule has 92 valence electrons. The molecule has 2 amide bonds. The van der Waals surface area contributed by atoms with E-state index in [-0.39, 0.29) is 34.2 Å².